The van der Waals surface area contributed by atoms with Gasteiger partial charge in [-0.1, -0.05) is 6.58 Å². The summed E-state index contributed by atoms with van der Waals surface area (Å²) in [6.45, 7) is 4.98. The number of aromatic nitrogens is 1. The molecule has 1 aromatic rings. The van der Waals surface area contributed by atoms with Gasteiger partial charge in [0, 0.05) is 22.4 Å². The Hall–Kier alpha value is -2.37. The number of rotatable bonds is 6. The first-order valence-corrected chi connectivity index (χ1v) is 5.60. The van der Waals surface area contributed by atoms with Crippen LogP contribution in [0.5, 0.6) is 0 Å². The van der Waals surface area contributed by atoms with Crippen LogP contribution in [0.4, 0.5) is 0 Å². The van der Waals surface area contributed by atoms with Crippen molar-refractivity contribution < 1.29 is 28.6 Å². The fourth-order valence-corrected chi connectivity index (χ4v) is 1.15. The summed E-state index contributed by atoms with van der Waals surface area (Å²) in [5, 5.41) is 0. The zero-order valence-electron chi connectivity index (χ0n) is 10.9. The van der Waals surface area contributed by atoms with E-state index in [0.29, 0.717) is 11.1 Å². The molecule has 6 nitrogen and oxygen atoms in total. The van der Waals surface area contributed by atoms with Crippen molar-refractivity contribution in [1.82, 2.24) is 0 Å². The predicted octanol–water partition coefficient (Wildman–Crippen LogP) is 0.309. The van der Waals surface area contributed by atoms with Crippen LogP contribution >= 0.6 is 0 Å². The lowest BCUT2D eigenvalue weighted by atomic mass is 10.3. The number of carbonyl (C=O) groups excluding carboxylic acids is 2. The quantitative estimate of drug-likeness (QED) is 0.321. The first-order chi connectivity index (χ1) is 9.04. The lowest BCUT2D eigenvalue weighted by molar-refractivity contribution is -0.885. The van der Waals surface area contributed by atoms with Gasteiger partial charge in [-0.2, -0.15) is 0 Å². The maximum atomic E-state index is 11.6. The fraction of sp³-hybridized carbons (Fsp3) is 0.308. The molecule has 6 heteroatoms. The van der Waals surface area contributed by atoms with Crippen molar-refractivity contribution >= 4 is 11.9 Å². The van der Waals surface area contributed by atoms with Crippen LogP contribution < -0.4 is 9.57 Å². The van der Waals surface area contributed by atoms with Crippen LogP contribution in [0.1, 0.15) is 17.3 Å². The Morgan fingerprint density at radius 3 is 2.32 bits per heavy atom. The summed E-state index contributed by atoms with van der Waals surface area (Å²) in [4.78, 5) is 27.5. The maximum Gasteiger partial charge on any atom is 0.338 e. The van der Waals surface area contributed by atoms with Crippen LogP contribution in [-0.4, -0.2) is 32.3 Å². The highest BCUT2D eigenvalue weighted by atomic mass is 16.6. The molecule has 0 spiro atoms. The number of ether oxygens (including phenoxy) is 2. The number of hydrogen-bond acceptors (Lipinski definition) is 5. The highest BCUT2D eigenvalue weighted by molar-refractivity contribution is 5.89. The van der Waals surface area contributed by atoms with Gasteiger partial charge in [0.05, 0.1) is 5.56 Å². The maximum absolute atomic E-state index is 11.6. The van der Waals surface area contributed by atoms with Gasteiger partial charge in [0.1, 0.15) is 20.3 Å². The largest absolute Gasteiger partial charge is 0.459 e. The van der Waals surface area contributed by atoms with Crippen molar-refractivity contribution in [3.8, 4) is 0 Å². The molecule has 0 unspecified atom stereocenters. The number of esters is 2. The van der Waals surface area contributed by atoms with Gasteiger partial charge in [-0.3, -0.25) is 4.84 Å². The highest BCUT2D eigenvalue weighted by Gasteiger charge is 2.10. The Kier molecular flexibility index (Phi) is 5.53. The Morgan fingerprint density at radius 2 is 1.79 bits per heavy atom. The zero-order chi connectivity index (χ0) is 14.3. The fourth-order valence-electron chi connectivity index (χ4n) is 1.15. The van der Waals surface area contributed by atoms with E-state index in [4.69, 9.17) is 14.3 Å². The van der Waals surface area contributed by atoms with Crippen LogP contribution in [0.15, 0.2) is 36.7 Å². The van der Waals surface area contributed by atoms with E-state index >= 15 is 0 Å². The van der Waals surface area contributed by atoms with E-state index in [2.05, 4.69) is 6.58 Å². The third-order valence-corrected chi connectivity index (χ3v) is 2.15. The van der Waals surface area contributed by atoms with Gasteiger partial charge in [-0.25, -0.2) is 9.59 Å². The molecule has 0 amide bonds. The molecule has 0 saturated heterocycles. The molecule has 0 saturated carbocycles. The average Bonchev–Trinajstić information content (AvgIpc) is 2.43. The summed E-state index contributed by atoms with van der Waals surface area (Å²) < 4.78 is 11.2. The molecule has 0 aromatic carbocycles. The summed E-state index contributed by atoms with van der Waals surface area (Å²) in [7, 11) is 1.51. The molecule has 0 fully saturated rings. The van der Waals surface area contributed by atoms with Crippen LogP contribution in [-0.2, 0) is 14.3 Å². The van der Waals surface area contributed by atoms with Crippen LogP contribution in [0, 0.1) is 0 Å². The normalized spacial score (nSPS) is 9.58. The minimum Gasteiger partial charge on any atom is -0.459 e. The second-order valence-corrected chi connectivity index (χ2v) is 3.68. The smallest absolute Gasteiger partial charge is 0.338 e. The van der Waals surface area contributed by atoms with Crippen molar-refractivity contribution in [3.05, 3.63) is 42.2 Å². The van der Waals surface area contributed by atoms with Gasteiger partial charge in [0.2, 0.25) is 12.4 Å². The van der Waals surface area contributed by atoms with Crippen LogP contribution in [0.25, 0.3) is 0 Å². The lowest BCUT2D eigenvalue weighted by Crippen LogP contribution is -2.39. The minimum atomic E-state index is -0.503. The van der Waals surface area contributed by atoms with Crippen molar-refractivity contribution in [2.75, 3.05) is 20.3 Å². The van der Waals surface area contributed by atoms with Gasteiger partial charge in [0.15, 0.2) is 0 Å². The van der Waals surface area contributed by atoms with Gasteiger partial charge in [0.25, 0.3) is 0 Å². The Labute approximate surface area is 111 Å². The van der Waals surface area contributed by atoms with E-state index in [1.165, 1.54) is 11.8 Å². The summed E-state index contributed by atoms with van der Waals surface area (Å²) in [5.41, 5.74) is 0.693. The van der Waals surface area contributed by atoms with E-state index in [9.17, 15) is 9.59 Å². The van der Waals surface area contributed by atoms with Gasteiger partial charge in [-0.15, -0.1) is 0 Å². The summed E-state index contributed by atoms with van der Waals surface area (Å²) in [6, 6.07) is 3.12. The predicted molar refractivity (Wildman–Crippen MR) is 65.2 cm³/mol. The van der Waals surface area contributed by atoms with E-state index < -0.39 is 11.9 Å². The molecule has 1 aromatic heterocycles. The van der Waals surface area contributed by atoms with E-state index in [1.807, 2.05) is 0 Å². The second-order valence-electron chi connectivity index (χ2n) is 3.68. The molecule has 0 aliphatic rings. The Morgan fingerprint density at radius 1 is 1.21 bits per heavy atom. The molecule has 1 rings (SSSR count). The molecule has 0 aliphatic carbocycles. The SMILES string of the molecule is C=C(C)C(=O)OCCOC(=O)c1cc[n+](OC)cc1. The molecule has 0 bridgehead atoms. The zero-order valence-corrected chi connectivity index (χ0v) is 10.9. The van der Waals surface area contributed by atoms with Gasteiger partial charge in [-0.05, 0) is 6.92 Å². The standard InChI is InChI=1S/C13H16NO5/c1-10(2)12(15)18-8-9-19-13(16)11-4-6-14(17-3)7-5-11/h4-7H,1,8-9H2,2-3H3/q+1. The summed E-state index contributed by atoms with van der Waals surface area (Å²) >= 11 is 0. The molecular formula is C13H16NO5+. The number of hydrogen-bond donors (Lipinski definition) is 0. The van der Waals surface area contributed by atoms with Crippen molar-refractivity contribution in [1.29, 1.82) is 0 Å². The molecule has 0 atom stereocenters. The van der Waals surface area contributed by atoms with Crippen molar-refractivity contribution in [3.63, 3.8) is 0 Å². The van der Waals surface area contributed by atoms with Gasteiger partial charge >= 0.3 is 11.9 Å². The van der Waals surface area contributed by atoms with Crippen molar-refractivity contribution in [2.45, 2.75) is 6.92 Å². The molecule has 0 radical (unpaired) electrons. The molecule has 1 heterocycles. The first kappa shape index (κ1) is 14.7. The summed E-state index contributed by atoms with van der Waals surface area (Å²) in [6.07, 6.45) is 3.16. The minimum absolute atomic E-state index is 0.00232. The molecule has 0 N–H and O–H groups in total. The van der Waals surface area contributed by atoms with E-state index in [1.54, 1.807) is 31.5 Å². The first-order valence-electron chi connectivity index (χ1n) is 5.60. The van der Waals surface area contributed by atoms with E-state index in [-0.39, 0.29) is 13.2 Å². The third-order valence-electron chi connectivity index (χ3n) is 2.15. The number of nitrogens with zero attached hydrogens (tertiary/aromatic N) is 1. The number of pyridine rings is 1. The van der Waals surface area contributed by atoms with E-state index in [0.717, 1.165) is 0 Å². The molecular weight excluding hydrogens is 250 g/mol. The van der Waals surface area contributed by atoms with Crippen LogP contribution in [0.2, 0.25) is 0 Å². The molecule has 102 valence electrons. The average molecular weight is 266 g/mol. The second kappa shape index (κ2) is 7.15. The number of carbonyl (C=O) groups is 2. The highest BCUT2D eigenvalue weighted by Crippen LogP contribution is 1.99. The molecule has 0 aliphatic heterocycles. The topological polar surface area (TPSA) is 65.7 Å². The Bertz CT molecular complexity index is 466. The molecule has 19 heavy (non-hydrogen) atoms. The summed E-state index contributed by atoms with van der Waals surface area (Å²) in [5.74, 6) is -0.994. The van der Waals surface area contributed by atoms with Gasteiger partial charge < -0.3 is 9.47 Å². The third kappa shape index (κ3) is 4.79. The monoisotopic (exact) mass is 266 g/mol. The lowest BCUT2D eigenvalue weighted by Gasteiger charge is -2.05. The van der Waals surface area contributed by atoms with Crippen LogP contribution in [0.3, 0.4) is 0 Å². The van der Waals surface area contributed by atoms with Crippen molar-refractivity contribution in [2.24, 2.45) is 0 Å². The Balaban J connectivity index is 2.34.